The molecule has 0 radical (unpaired) electrons. The minimum absolute atomic E-state index is 0.0679. The first-order chi connectivity index (χ1) is 13.3. The third-order valence-electron chi connectivity index (χ3n) is 4.15. The fraction of sp³-hybridized carbons (Fsp3) is 0.105. The Balaban J connectivity index is 1.92. The van der Waals surface area contributed by atoms with Gasteiger partial charge in [0, 0.05) is 30.6 Å². The summed E-state index contributed by atoms with van der Waals surface area (Å²) in [5.74, 6) is -1.81. The summed E-state index contributed by atoms with van der Waals surface area (Å²) in [5.41, 5.74) is 0.550. The van der Waals surface area contributed by atoms with Gasteiger partial charge in [0.25, 0.3) is 5.56 Å². The van der Waals surface area contributed by atoms with Crippen LogP contribution in [-0.2, 0) is 4.79 Å². The summed E-state index contributed by atoms with van der Waals surface area (Å²) in [6.45, 7) is 1.29. The van der Waals surface area contributed by atoms with E-state index in [1.54, 1.807) is 24.3 Å². The van der Waals surface area contributed by atoms with Gasteiger partial charge in [-0.1, -0.05) is 12.1 Å². The number of hydrogen-bond acceptors (Lipinski definition) is 5. The minimum atomic E-state index is -1.33. The van der Waals surface area contributed by atoms with Gasteiger partial charge < -0.3 is 25.3 Å². The molecule has 3 rings (SSSR count). The number of carbonyl (C=O) groups excluding carboxylic acids is 1. The first-order valence-corrected chi connectivity index (χ1v) is 8.20. The first-order valence-electron chi connectivity index (χ1n) is 8.20. The molecule has 1 amide bonds. The van der Waals surface area contributed by atoms with Crippen LogP contribution in [0.2, 0.25) is 0 Å². The molecule has 0 fully saturated rings. The molecule has 2 heterocycles. The van der Waals surface area contributed by atoms with Crippen LogP contribution in [0.1, 0.15) is 29.2 Å². The maximum Gasteiger partial charge on any atom is 0.341 e. The van der Waals surface area contributed by atoms with E-state index in [-0.39, 0.29) is 17.0 Å². The van der Waals surface area contributed by atoms with Crippen molar-refractivity contribution >= 4 is 17.6 Å². The average Bonchev–Trinajstić information content (AvgIpc) is 3.08. The van der Waals surface area contributed by atoms with Crippen LogP contribution in [0.15, 0.2) is 53.5 Å². The summed E-state index contributed by atoms with van der Waals surface area (Å²) in [6, 6.07) is 10.4. The fourth-order valence-electron chi connectivity index (χ4n) is 2.80. The Bertz CT molecular complexity index is 1080. The predicted molar refractivity (Wildman–Crippen MR) is 100 cm³/mol. The molecule has 0 saturated heterocycles. The monoisotopic (exact) mass is 383 g/mol. The molecule has 0 aliphatic carbocycles. The molecule has 28 heavy (non-hydrogen) atoms. The second-order valence-corrected chi connectivity index (χ2v) is 6.04. The molecule has 1 unspecified atom stereocenters. The number of aromatic amines is 2. The zero-order valence-electron chi connectivity index (χ0n) is 14.7. The van der Waals surface area contributed by atoms with E-state index in [2.05, 4.69) is 9.97 Å². The molecular weight excluding hydrogens is 366 g/mol. The molecule has 144 valence electrons. The molecule has 9 heteroatoms. The van der Waals surface area contributed by atoms with Crippen molar-refractivity contribution in [3.63, 3.8) is 0 Å². The number of amides is 1. The smallest absolute Gasteiger partial charge is 0.341 e. The lowest BCUT2D eigenvalue weighted by Gasteiger charge is -2.26. The van der Waals surface area contributed by atoms with Crippen molar-refractivity contribution in [2.75, 3.05) is 4.90 Å². The van der Waals surface area contributed by atoms with Crippen LogP contribution in [-0.4, -0.2) is 37.2 Å². The molecule has 0 spiro atoms. The SMILES string of the molecule is CC(=O)N(c1ccc(-c2ccc(C(=O)O)c(=O)[nH]2)cc1)C(O)c1cc(O)c[nH]1. The van der Waals surface area contributed by atoms with Crippen molar-refractivity contribution in [2.45, 2.75) is 13.2 Å². The largest absolute Gasteiger partial charge is 0.506 e. The Morgan fingerprint density at radius 1 is 1.11 bits per heavy atom. The zero-order chi connectivity index (χ0) is 20.4. The highest BCUT2D eigenvalue weighted by molar-refractivity contribution is 5.92. The second kappa shape index (κ2) is 7.41. The molecule has 1 aromatic carbocycles. The Kier molecular flexibility index (Phi) is 5.01. The number of carbonyl (C=O) groups is 2. The number of aromatic carboxylic acids is 1. The minimum Gasteiger partial charge on any atom is -0.506 e. The van der Waals surface area contributed by atoms with Gasteiger partial charge in [0.1, 0.15) is 11.3 Å². The van der Waals surface area contributed by atoms with Gasteiger partial charge in [-0.15, -0.1) is 0 Å². The Morgan fingerprint density at radius 2 is 1.79 bits per heavy atom. The highest BCUT2D eigenvalue weighted by atomic mass is 16.4. The Morgan fingerprint density at radius 3 is 2.29 bits per heavy atom. The standard InChI is InChI=1S/C19H17N3O6/c1-10(23)22(18(26)16-8-13(24)9-20-16)12-4-2-11(3-5-12)15-7-6-14(19(27)28)17(25)21-15/h2-9,18,20,24,26H,1H3,(H,21,25)(H,27,28). The van der Waals surface area contributed by atoms with E-state index in [0.717, 1.165) is 4.90 Å². The number of hydrogen-bond donors (Lipinski definition) is 5. The summed E-state index contributed by atoms with van der Waals surface area (Å²) >= 11 is 0. The van der Waals surface area contributed by atoms with E-state index in [9.17, 15) is 24.6 Å². The zero-order valence-corrected chi connectivity index (χ0v) is 14.7. The van der Waals surface area contributed by atoms with Crippen LogP contribution in [0.3, 0.4) is 0 Å². The number of aromatic hydroxyl groups is 1. The van der Waals surface area contributed by atoms with E-state index in [4.69, 9.17) is 5.11 Å². The van der Waals surface area contributed by atoms with Gasteiger partial charge in [0.2, 0.25) is 5.91 Å². The Hall–Kier alpha value is -3.85. The number of anilines is 1. The number of aliphatic hydroxyl groups excluding tert-OH is 1. The number of carboxylic acids is 1. The molecule has 9 nitrogen and oxygen atoms in total. The van der Waals surface area contributed by atoms with Gasteiger partial charge >= 0.3 is 5.97 Å². The topological polar surface area (TPSA) is 147 Å². The van der Waals surface area contributed by atoms with Crippen LogP contribution in [0.5, 0.6) is 5.75 Å². The summed E-state index contributed by atoms with van der Waals surface area (Å²) in [4.78, 5) is 41.1. The molecule has 0 bridgehead atoms. The van der Waals surface area contributed by atoms with E-state index >= 15 is 0 Å². The van der Waals surface area contributed by atoms with Gasteiger partial charge in [-0.25, -0.2) is 4.79 Å². The maximum atomic E-state index is 12.1. The number of H-pyrrole nitrogens is 2. The molecular formula is C19H17N3O6. The molecule has 3 aromatic rings. The van der Waals surface area contributed by atoms with Gasteiger partial charge in [0.05, 0.1) is 5.69 Å². The van der Waals surface area contributed by atoms with Crippen molar-refractivity contribution in [1.29, 1.82) is 0 Å². The molecule has 0 aliphatic heterocycles. The Labute approximate surface area is 158 Å². The quantitative estimate of drug-likeness (QED) is 0.425. The number of nitrogens with one attached hydrogen (secondary N) is 2. The molecule has 5 N–H and O–H groups in total. The number of nitrogens with zero attached hydrogens (tertiary/aromatic N) is 1. The van der Waals surface area contributed by atoms with Crippen LogP contribution < -0.4 is 10.5 Å². The van der Waals surface area contributed by atoms with Gasteiger partial charge in [-0.3, -0.25) is 14.5 Å². The summed E-state index contributed by atoms with van der Waals surface area (Å²) in [5, 5.41) is 28.8. The third kappa shape index (κ3) is 3.64. The summed E-state index contributed by atoms with van der Waals surface area (Å²) in [6.07, 6.45) is -0.0456. The van der Waals surface area contributed by atoms with Gasteiger partial charge in [-0.2, -0.15) is 0 Å². The van der Waals surface area contributed by atoms with Crippen LogP contribution in [0.25, 0.3) is 11.3 Å². The predicted octanol–water partition coefficient (Wildman–Crippen LogP) is 1.82. The highest BCUT2D eigenvalue weighted by Gasteiger charge is 2.23. The van der Waals surface area contributed by atoms with E-state index in [0.29, 0.717) is 16.9 Å². The van der Waals surface area contributed by atoms with Crippen molar-refractivity contribution < 1.29 is 24.9 Å². The van der Waals surface area contributed by atoms with Crippen molar-refractivity contribution in [3.8, 4) is 17.0 Å². The van der Waals surface area contributed by atoms with Crippen molar-refractivity contribution in [1.82, 2.24) is 9.97 Å². The highest BCUT2D eigenvalue weighted by Crippen LogP contribution is 2.28. The van der Waals surface area contributed by atoms with Crippen LogP contribution >= 0.6 is 0 Å². The van der Waals surface area contributed by atoms with Crippen LogP contribution in [0, 0.1) is 0 Å². The van der Waals surface area contributed by atoms with E-state index < -0.39 is 23.7 Å². The third-order valence-corrected chi connectivity index (χ3v) is 4.15. The number of rotatable bonds is 5. The number of aromatic nitrogens is 2. The fourth-order valence-corrected chi connectivity index (χ4v) is 2.80. The number of carboxylic acid groups (broad SMARTS) is 1. The molecule has 1 atom stereocenters. The number of pyridine rings is 1. The first kappa shape index (κ1) is 18.9. The lowest BCUT2D eigenvalue weighted by atomic mass is 10.1. The second-order valence-electron chi connectivity index (χ2n) is 6.04. The normalized spacial score (nSPS) is 11.8. The van der Waals surface area contributed by atoms with E-state index in [1.807, 2.05) is 0 Å². The van der Waals surface area contributed by atoms with Crippen molar-refractivity contribution in [2.24, 2.45) is 0 Å². The summed E-state index contributed by atoms with van der Waals surface area (Å²) < 4.78 is 0. The molecule has 0 aliphatic rings. The summed E-state index contributed by atoms with van der Waals surface area (Å²) in [7, 11) is 0. The van der Waals surface area contributed by atoms with Crippen molar-refractivity contribution in [3.05, 3.63) is 70.3 Å². The maximum absolute atomic E-state index is 12.1. The number of benzene rings is 1. The average molecular weight is 383 g/mol. The van der Waals surface area contributed by atoms with Crippen LogP contribution in [0.4, 0.5) is 5.69 Å². The lowest BCUT2D eigenvalue weighted by Crippen LogP contribution is -2.33. The van der Waals surface area contributed by atoms with E-state index in [1.165, 1.54) is 31.3 Å². The lowest BCUT2D eigenvalue weighted by molar-refractivity contribution is -0.118. The molecule has 2 aromatic heterocycles. The van der Waals surface area contributed by atoms with Gasteiger partial charge in [-0.05, 0) is 29.8 Å². The molecule has 0 saturated carbocycles. The number of aliphatic hydroxyl groups is 1. The van der Waals surface area contributed by atoms with Gasteiger partial charge in [0.15, 0.2) is 6.23 Å².